The fraction of sp³-hybridized carbons (Fsp3) is 0.650. The van der Waals surface area contributed by atoms with Gasteiger partial charge in [-0.25, -0.2) is 0 Å². The van der Waals surface area contributed by atoms with E-state index < -0.39 is 0 Å². The molecule has 3 aliphatic rings. The molecule has 0 bridgehead atoms. The first-order valence-electron chi connectivity index (χ1n) is 10.4. The number of rotatable bonds is 4. The molecule has 2 aliphatic heterocycles. The lowest BCUT2D eigenvalue weighted by Crippen LogP contribution is -2.52. The molecule has 150 valence electrons. The molecule has 28 heavy (non-hydrogen) atoms. The number of thiophene rings is 1. The summed E-state index contributed by atoms with van der Waals surface area (Å²) in [7, 11) is 0. The molecule has 0 aromatic carbocycles. The summed E-state index contributed by atoms with van der Waals surface area (Å²) >= 11 is 1.84. The van der Waals surface area contributed by atoms with Crippen LogP contribution in [0.25, 0.3) is 0 Å². The molecule has 7 nitrogen and oxygen atoms in total. The van der Waals surface area contributed by atoms with Crippen molar-refractivity contribution in [2.75, 3.05) is 26.2 Å². The van der Waals surface area contributed by atoms with Gasteiger partial charge in [0.05, 0.1) is 6.04 Å². The average Bonchev–Trinajstić information content (AvgIpc) is 3.43. The van der Waals surface area contributed by atoms with Crippen LogP contribution < -0.4 is 5.32 Å². The van der Waals surface area contributed by atoms with Crippen molar-refractivity contribution in [1.82, 2.24) is 29.9 Å². The van der Waals surface area contributed by atoms with E-state index in [1.165, 1.54) is 23.3 Å². The van der Waals surface area contributed by atoms with Gasteiger partial charge in [-0.05, 0) is 36.8 Å². The van der Waals surface area contributed by atoms with Gasteiger partial charge in [-0.2, -0.15) is 0 Å². The fourth-order valence-corrected chi connectivity index (χ4v) is 5.75. The molecule has 2 aromatic heterocycles. The Balaban J connectivity index is 1.32. The zero-order valence-electron chi connectivity index (χ0n) is 16.4. The number of carbonyl (C=O) groups excluding carboxylic acids is 1. The minimum atomic E-state index is -0.0547. The minimum absolute atomic E-state index is 0.0547. The molecule has 4 heterocycles. The van der Waals surface area contributed by atoms with E-state index >= 15 is 0 Å². The highest BCUT2D eigenvalue weighted by Gasteiger charge is 2.37. The van der Waals surface area contributed by atoms with E-state index in [1.807, 2.05) is 11.3 Å². The number of nitrogens with one attached hydrogen (secondary N) is 1. The van der Waals surface area contributed by atoms with Gasteiger partial charge in [0.1, 0.15) is 0 Å². The maximum atomic E-state index is 12.8. The predicted octanol–water partition coefficient (Wildman–Crippen LogP) is 2.19. The Morgan fingerprint density at radius 3 is 2.82 bits per heavy atom. The Morgan fingerprint density at radius 1 is 1.21 bits per heavy atom. The third-order valence-electron chi connectivity index (χ3n) is 6.49. The summed E-state index contributed by atoms with van der Waals surface area (Å²) in [6.45, 7) is 8.02. The van der Waals surface area contributed by atoms with Crippen LogP contribution in [-0.4, -0.2) is 62.7 Å². The monoisotopic (exact) mass is 400 g/mol. The van der Waals surface area contributed by atoms with Crippen LogP contribution >= 0.6 is 11.3 Å². The normalized spacial score (nSPS) is 23.5. The maximum Gasteiger partial charge on any atom is 0.289 e. The lowest BCUT2D eigenvalue weighted by molar-refractivity contribution is 0.0462. The summed E-state index contributed by atoms with van der Waals surface area (Å²) in [6.07, 6.45) is 4.58. The van der Waals surface area contributed by atoms with Gasteiger partial charge in [0.15, 0.2) is 5.82 Å². The van der Waals surface area contributed by atoms with Crippen molar-refractivity contribution in [3.05, 3.63) is 33.5 Å². The van der Waals surface area contributed by atoms with Crippen LogP contribution in [0.1, 0.15) is 58.6 Å². The summed E-state index contributed by atoms with van der Waals surface area (Å²) < 4.78 is 2.06. The second-order valence-corrected chi connectivity index (χ2v) is 9.30. The second-order valence-electron chi connectivity index (χ2n) is 8.30. The van der Waals surface area contributed by atoms with Crippen molar-refractivity contribution in [2.24, 2.45) is 0 Å². The van der Waals surface area contributed by atoms with Gasteiger partial charge >= 0.3 is 0 Å². The molecule has 1 amide bonds. The summed E-state index contributed by atoms with van der Waals surface area (Å²) in [4.78, 5) is 19.2. The first-order chi connectivity index (χ1) is 13.7. The molecule has 8 heteroatoms. The number of fused-ring (bicyclic) bond motifs is 3. The molecular formula is C20H28N6OS. The van der Waals surface area contributed by atoms with Crippen LogP contribution in [0.5, 0.6) is 0 Å². The van der Waals surface area contributed by atoms with E-state index in [-0.39, 0.29) is 11.9 Å². The van der Waals surface area contributed by atoms with Gasteiger partial charge in [0.2, 0.25) is 5.82 Å². The number of hydrogen-bond donors (Lipinski definition) is 1. The highest BCUT2D eigenvalue weighted by molar-refractivity contribution is 7.10. The summed E-state index contributed by atoms with van der Waals surface area (Å²) in [6, 6.07) is 2.73. The number of hydrogen-bond acceptors (Lipinski definition) is 6. The number of amides is 1. The molecule has 1 saturated heterocycles. The lowest BCUT2D eigenvalue weighted by Gasteiger charge is -2.43. The van der Waals surface area contributed by atoms with E-state index in [0.29, 0.717) is 11.9 Å². The number of piperazine rings is 1. The van der Waals surface area contributed by atoms with Gasteiger partial charge in [-0.3, -0.25) is 14.6 Å². The first-order valence-corrected chi connectivity index (χ1v) is 11.3. The standard InChI is InChI=1S/C20H28N6OS/c1-14-6-11-28-17(14)13-24-7-8-25-9-10-26-18(16(25)12-24)22-23-19(26)20(27)21-15-4-2-3-5-15/h6,11,15-16H,2-5,7-10,12-13H2,1H3,(H,21,27)/t16-/m1/s1. The average molecular weight is 401 g/mol. The van der Waals surface area contributed by atoms with Crippen molar-refractivity contribution < 1.29 is 4.79 Å². The molecule has 1 aliphatic carbocycles. The zero-order chi connectivity index (χ0) is 19.1. The van der Waals surface area contributed by atoms with Crippen molar-refractivity contribution in [3.63, 3.8) is 0 Å². The number of aromatic nitrogens is 3. The van der Waals surface area contributed by atoms with E-state index in [1.54, 1.807) is 0 Å². The second kappa shape index (κ2) is 7.57. The summed E-state index contributed by atoms with van der Waals surface area (Å²) in [5.74, 6) is 1.39. The molecule has 2 fully saturated rings. The largest absolute Gasteiger partial charge is 0.347 e. The van der Waals surface area contributed by atoms with Crippen LogP contribution in [0.2, 0.25) is 0 Å². The number of nitrogens with zero attached hydrogens (tertiary/aromatic N) is 5. The van der Waals surface area contributed by atoms with Gasteiger partial charge in [0.25, 0.3) is 5.91 Å². The van der Waals surface area contributed by atoms with Crippen LogP contribution in [0.4, 0.5) is 0 Å². The zero-order valence-corrected chi connectivity index (χ0v) is 17.2. The molecule has 1 N–H and O–H groups in total. The summed E-state index contributed by atoms with van der Waals surface area (Å²) in [5.41, 5.74) is 1.38. The van der Waals surface area contributed by atoms with E-state index in [9.17, 15) is 4.79 Å². The van der Waals surface area contributed by atoms with Crippen LogP contribution in [0.15, 0.2) is 11.4 Å². The van der Waals surface area contributed by atoms with Gasteiger partial charge in [0, 0.05) is 50.2 Å². The smallest absolute Gasteiger partial charge is 0.289 e. The van der Waals surface area contributed by atoms with E-state index in [0.717, 1.165) is 57.9 Å². The molecule has 5 rings (SSSR count). The number of aryl methyl sites for hydroxylation is 1. The predicted molar refractivity (Wildman–Crippen MR) is 108 cm³/mol. The third kappa shape index (κ3) is 3.38. The quantitative estimate of drug-likeness (QED) is 0.852. The van der Waals surface area contributed by atoms with Gasteiger partial charge in [-0.1, -0.05) is 12.8 Å². The Bertz CT molecular complexity index is 855. The molecule has 0 unspecified atom stereocenters. The molecular weight excluding hydrogens is 372 g/mol. The topological polar surface area (TPSA) is 66.3 Å². The number of carbonyl (C=O) groups is 1. The maximum absolute atomic E-state index is 12.8. The SMILES string of the molecule is Cc1ccsc1CN1CCN2CCn3c(C(=O)NC4CCCC4)nnc3[C@H]2C1. The fourth-order valence-electron chi connectivity index (χ4n) is 4.80. The van der Waals surface area contributed by atoms with Crippen LogP contribution in [0.3, 0.4) is 0 Å². The van der Waals surface area contributed by atoms with Crippen molar-refractivity contribution >= 4 is 17.2 Å². The molecule has 0 radical (unpaired) electrons. The first kappa shape index (κ1) is 18.3. The van der Waals surface area contributed by atoms with E-state index in [4.69, 9.17) is 0 Å². The Labute approximate surface area is 169 Å². The molecule has 2 aromatic rings. The van der Waals surface area contributed by atoms with Gasteiger partial charge in [-0.15, -0.1) is 21.5 Å². The van der Waals surface area contributed by atoms with Crippen LogP contribution in [-0.2, 0) is 13.1 Å². The lowest BCUT2D eigenvalue weighted by atomic mass is 10.1. The Hall–Kier alpha value is -1.77. The summed E-state index contributed by atoms with van der Waals surface area (Å²) in [5, 5.41) is 14.1. The van der Waals surface area contributed by atoms with Crippen molar-refractivity contribution in [1.29, 1.82) is 0 Å². The molecule has 1 atom stereocenters. The highest BCUT2D eigenvalue weighted by Crippen LogP contribution is 2.30. The van der Waals surface area contributed by atoms with E-state index in [2.05, 4.69) is 48.3 Å². The highest BCUT2D eigenvalue weighted by atomic mass is 32.1. The molecule has 0 spiro atoms. The third-order valence-corrected chi connectivity index (χ3v) is 7.50. The molecule has 1 saturated carbocycles. The van der Waals surface area contributed by atoms with Gasteiger partial charge < -0.3 is 9.88 Å². The van der Waals surface area contributed by atoms with Crippen molar-refractivity contribution in [3.8, 4) is 0 Å². The minimum Gasteiger partial charge on any atom is -0.347 e. The van der Waals surface area contributed by atoms with Crippen LogP contribution in [0, 0.1) is 6.92 Å². The Kier molecular flexibility index (Phi) is 4.94. The van der Waals surface area contributed by atoms with Crippen molar-refractivity contribution in [2.45, 2.75) is 57.8 Å². The Morgan fingerprint density at radius 2 is 2.04 bits per heavy atom.